The summed E-state index contributed by atoms with van der Waals surface area (Å²) in [4.78, 5) is 4.69. The summed E-state index contributed by atoms with van der Waals surface area (Å²) in [6, 6.07) is 13.9. The smallest absolute Gasteiger partial charge is 0.143 e. The summed E-state index contributed by atoms with van der Waals surface area (Å²) in [7, 11) is 0. The lowest BCUT2D eigenvalue weighted by Crippen LogP contribution is -1.99. The summed E-state index contributed by atoms with van der Waals surface area (Å²) in [6.07, 6.45) is 0. The van der Waals surface area contributed by atoms with Gasteiger partial charge in [0.2, 0.25) is 0 Å². The van der Waals surface area contributed by atoms with E-state index in [1.807, 2.05) is 28.8 Å². The van der Waals surface area contributed by atoms with E-state index in [0.717, 1.165) is 22.4 Å². The number of aromatic nitrogens is 2. The Morgan fingerprint density at radius 1 is 1.19 bits per heavy atom. The van der Waals surface area contributed by atoms with Crippen molar-refractivity contribution in [3.8, 4) is 17.5 Å². The third-order valence-electron chi connectivity index (χ3n) is 3.71. The van der Waals surface area contributed by atoms with Gasteiger partial charge >= 0.3 is 0 Å². The van der Waals surface area contributed by atoms with Crippen LogP contribution in [-0.4, -0.2) is 9.55 Å². The molecular formula is C17H14ClN3. The first kappa shape index (κ1) is 13.7. The molecule has 0 N–H and O–H groups in total. The topological polar surface area (TPSA) is 41.6 Å². The molecule has 0 fully saturated rings. The number of hydrogen-bond acceptors (Lipinski definition) is 2. The van der Waals surface area contributed by atoms with Gasteiger partial charge in [-0.1, -0.05) is 23.7 Å². The van der Waals surface area contributed by atoms with E-state index in [9.17, 15) is 0 Å². The molecule has 2 aromatic carbocycles. The standard InChI is InChI=1S/C17H14ClN3/c1-11-9-15-16(10-12(11)2)21(8-7-19)17(20-15)13-5-3-4-6-14(13)18/h3-6,9-10H,8H2,1-2H3. The van der Waals surface area contributed by atoms with Crippen molar-refractivity contribution >= 4 is 22.6 Å². The van der Waals surface area contributed by atoms with Gasteiger partial charge in [0.1, 0.15) is 12.4 Å². The number of aryl methyl sites for hydroxylation is 2. The molecule has 3 nitrogen and oxygen atoms in total. The zero-order valence-corrected chi connectivity index (χ0v) is 12.6. The highest BCUT2D eigenvalue weighted by Crippen LogP contribution is 2.31. The molecule has 21 heavy (non-hydrogen) atoms. The second-order valence-corrected chi connectivity index (χ2v) is 5.49. The molecule has 0 radical (unpaired) electrons. The highest BCUT2D eigenvalue weighted by Gasteiger charge is 2.15. The monoisotopic (exact) mass is 295 g/mol. The molecule has 0 aliphatic rings. The van der Waals surface area contributed by atoms with Crippen LogP contribution in [0.1, 0.15) is 11.1 Å². The van der Waals surface area contributed by atoms with E-state index in [1.165, 1.54) is 11.1 Å². The second kappa shape index (κ2) is 5.23. The highest BCUT2D eigenvalue weighted by molar-refractivity contribution is 6.33. The van der Waals surface area contributed by atoms with Gasteiger partial charge in [0.25, 0.3) is 0 Å². The summed E-state index contributed by atoms with van der Waals surface area (Å²) in [5, 5.41) is 9.77. The third-order valence-corrected chi connectivity index (χ3v) is 4.04. The Hall–Kier alpha value is -2.31. The Morgan fingerprint density at radius 3 is 2.62 bits per heavy atom. The van der Waals surface area contributed by atoms with Crippen LogP contribution in [0.5, 0.6) is 0 Å². The normalized spacial score (nSPS) is 10.8. The summed E-state index contributed by atoms with van der Waals surface area (Å²) in [5.74, 6) is 0.738. The van der Waals surface area contributed by atoms with Crippen molar-refractivity contribution in [3.05, 3.63) is 52.5 Å². The first-order valence-corrected chi connectivity index (χ1v) is 7.09. The van der Waals surface area contributed by atoms with Gasteiger partial charge in [0.05, 0.1) is 22.1 Å². The van der Waals surface area contributed by atoms with Crippen LogP contribution in [0.15, 0.2) is 36.4 Å². The average molecular weight is 296 g/mol. The number of imidazole rings is 1. The van der Waals surface area contributed by atoms with Crippen molar-refractivity contribution in [3.63, 3.8) is 0 Å². The molecule has 3 aromatic rings. The Labute approximate surface area is 128 Å². The summed E-state index contributed by atoms with van der Waals surface area (Å²) < 4.78 is 1.92. The molecule has 0 bridgehead atoms. The van der Waals surface area contributed by atoms with Crippen LogP contribution in [0.2, 0.25) is 5.02 Å². The van der Waals surface area contributed by atoms with Crippen LogP contribution in [0.3, 0.4) is 0 Å². The van der Waals surface area contributed by atoms with E-state index in [0.29, 0.717) is 5.02 Å². The minimum Gasteiger partial charge on any atom is -0.310 e. The molecule has 0 aliphatic carbocycles. The van der Waals surface area contributed by atoms with Gasteiger partial charge < -0.3 is 4.57 Å². The molecule has 4 heteroatoms. The van der Waals surface area contributed by atoms with Crippen molar-refractivity contribution in [1.29, 1.82) is 5.26 Å². The Morgan fingerprint density at radius 2 is 1.90 bits per heavy atom. The van der Waals surface area contributed by atoms with Crippen molar-refractivity contribution in [2.45, 2.75) is 20.4 Å². The largest absolute Gasteiger partial charge is 0.310 e. The number of nitriles is 1. The quantitative estimate of drug-likeness (QED) is 0.698. The van der Waals surface area contributed by atoms with Crippen LogP contribution in [0.25, 0.3) is 22.4 Å². The molecule has 0 atom stereocenters. The molecule has 0 spiro atoms. The third kappa shape index (κ3) is 2.28. The van der Waals surface area contributed by atoms with Crippen molar-refractivity contribution in [2.24, 2.45) is 0 Å². The first-order valence-electron chi connectivity index (χ1n) is 6.71. The molecule has 0 unspecified atom stereocenters. The fourth-order valence-electron chi connectivity index (χ4n) is 2.46. The molecule has 0 saturated heterocycles. The minimum atomic E-state index is 0.250. The predicted molar refractivity (Wildman–Crippen MR) is 85.3 cm³/mol. The van der Waals surface area contributed by atoms with Crippen LogP contribution in [0, 0.1) is 25.2 Å². The molecule has 0 aliphatic heterocycles. The lowest BCUT2D eigenvalue weighted by molar-refractivity contribution is 0.870. The molecule has 0 amide bonds. The predicted octanol–water partition coefficient (Wildman–Crippen LogP) is 4.50. The number of hydrogen-bond donors (Lipinski definition) is 0. The van der Waals surface area contributed by atoms with Gasteiger partial charge in [0, 0.05) is 5.56 Å². The van der Waals surface area contributed by atoms with Gasteiger partial charge in [-0.15, -0.1) is 0 Å². The van der Waals surface area contributed by atoms with Gasteiger partial charge in [-0.2, -0.15) is 5.26 Å². The van der Waals surface area contributed by atoms with E-state index >= 15 is 0 Å². The first-order chi connectivity index (χ1) is 10.1. The van der Waals surface area contributed by atoms with Crippen LogP contribution in [0.4, 0.5) is 0 Å². The molecule has 1 heterocycles. The van der Waals surface area contributed by atoms with Crippen LogP contribution >= 0.6 is 11.6 Å². The minimum absolute atomic E-state index is 0.250. The van der Waals surface area contributed by atoms with Crippen LogP contribution in [-0.2, 0) is 6.54 Å². The van der Waals surface area contributed by atoms with Gasteiger partial charge in [-0.3, -0.25) is 0 Å². The maximum atomic E-state index is 9.13. The van der Waals surface area contributed by atoms with E-state index in [2.05, 4.69) is 32.0 Å². The van der Waals surface area contributed by atoms with Gasteiger partial charge in [0.15, 0.2) is 0 Å². The van der Waals surface area contributed by atoms with Gasteiger partial charge in [-0.05, 0) is 49.2 Å². The fraction of sp³-hybridized carbons (Fsp3) is 0.176. The van der Waals surface area contributed by atoms with E-state index in [-0.39, 0.29) is 6.54 Å². The molecular weight excluding hydrogens is 282 g/mol. The van der Waals surface area contributed by atoms with E-state index in [4.69, 9.17) is 21.8 Å². The summed E-state index contributed by atoms with van der Waals surface area (Å²) in [6.45, 7) is 4.38. The molecule has 1 aromatic heterocycles. The van der Waals surface area contributed by atoms with E-state index < -0.39 is 0 Å². The van der Waals surface area contributed by atoms with Crippen molar-refractivity contribution in [1.82, 2.24) is 9.55 Å². The molecule has 0 saturated carbocycles. The zero-order valence-electron chi connectivity index (χ0n) is 11.9. The Bertz CT molecular complexity index is 872. The summed E-state index contributed by atoms with van der Waals surface area (Å²) in [5.41, 5.74) is 5.08. The second-order valence-electron chi connectivity index (χ2n) is 5.08. The zero-order chi connectivity index (χ0) is 15.0. The number of benzene rings is 2. The van der Waals surface area contributed by atoms with Crippen molar-refractivity contribution < 1.29 is 0 Å². The van der Waals surface area contributed by atoms with E-state index in [1.54, 1.807) is 0 Å². The summed E-state index contributed by atoms with van der Waals surface area (Å²) >= 11 is 6.28. The van der Waals surface area contributed by atoms with Gasteiger partial charge in [-0.25, -0.2) is 4.98 Å². The molecule has 3 rings (SSSR count). The number of halogens is 1. The number of nitrogens with zero attached hydrogens (tertiary/aromatic N) is 3. The number of fused-ring (bicyclic) bond motifs is 1. The maximum Gasteiger partial charge on any atom is 0.143 e. The lowest BCUT2D eigenvalue weighted by atomic mass is 10.1. The van der Waals surface area contributed by atoms with Crippen LogP contribution < -0.4 is 0 Å². The maximum absolute atomic E-state index is 9.13. The number of rotatable bonds is 2. The highest BCUT2D eigenvalue weighted by atomic mass is 35.5. The SMILES string of the molecule is Cc1cc2nc(-c3ccccc3Cl)n(CC#N)c2cc1C. The van der Waals surface area contributed by atoms with Crippen molar-refractivity contribution in [2.75, 3.05) is 0 Å². The molecule has 104 valence electrons. The average Bonchev–Trinajstić information content (AvgIpc) is 2.79. The Kier molecular flexibility index (Phi) is 3.40. The fourth-order valence-corrected chi connectivity index (χ4v) is 2.68. The Balaban J connectivity index is 2.35. The lowest BCUT2D eigenvalue weighted by Gasteiger charge is -2.07.